The third-order valence-electron chi connectivity index (χ3n) is 3.34. The van der Waals surface area contributed by atoms with E-state index in [0.717, 1.165) is 5.56 Å². The van der Waals surface area contributed by atoms with Crippen LogP contribution in [0.2, 0.25) is 0 Å². The number of hydrogen-bond acceptors (Lipinski definition) is 4. The molecule has 1 aromatic rings. The van der Waals surface area contributed by atoms with Crippen LogP contribution in [0.1, 0.15) is 24.0 Å². The van der Waals surface area contributed by atoms with Crippen molar-refractivity contribution in [2.45, 2.75) is 25.0 Å². The predicted molar refractivity (Wildman–Crippen MR) is 81.5 cm³/mol. The summed E-state index contributed by atoms with van der Waals surface area (Å²) in [6, 6.07) is 5.32. The number of aryl methyl sites for hydroxylation is 1. The van der Waals surface area contributed by atoms with Crippen molar-refractivity contribution in [1.82, 2.24) is 0 Å². The highest BCUT2D eigenvalue weighted by Gasteiger charge is 2.28. The molecule has 21 heavy (non-hydrogen) atoms. The first-order valence-electron chi connectivity index (χ1n) is 6.82. The van der Waals surface area contributed by atoms with Crippen LogP contribution in [0.3, 0.4) is 0 Å². The summed E-state index contributed by atoms with van der Waals surface area (Å²) < 4.78 is 32.6. The first-order chi connectivity index (χ1) is 10.0. The Balaban J connectivity index is 2.25. The second-order valence-electron chi connectivity index (χ2n) is 4.97. The molecule has 1 aromatic carbocycles. The monoisotopic (exact) mass is 309 g/mol. The second kappa shape index (κ2) is 6.94. The van der Waals surface area contributed by atoms with Gasteiger partial charge < -0.3 is 9.84 Å². The minimum absolute atomic E-state index is 0.264. The van der Waals surface area contributed by atoms with E-state index in [1.807, 2.05) is 13.0 Å². The van der Waals surface area contributed by atoms with Gasteiger partial charge in [-0.15, -0.1) is 0 Å². The number of sulfonamides is 1. The van der Waals surface area contributed by atoms with Crippen LogP contribution in [0.25, 0.3) is 0 Å². The van der Waals surface area contributed by atoms with Gasteiger partial charge in [-0.3, -0.25) is 4.72 Å². The van der Waals surface area contributed by atoms with Gasteiger partial charge in [0, 0.05) is 18.8 Å². The van der Waals surface area contributed by atoms with Gasteiger partial charge in [0.15, 0.2) is 0 Å². The summed E-state index contributed by atoms with van der Waals surface area (Å²) in [5.41, 5.74) is 2.00. The fourth-order valence-electron chi connectivity index (χ4n) is 2.21. The number of rotatable bonds is 3. The number of benzene rings is 1. The van der Waals surface area contributed by atoms with Gasteiger partial charge in [-0.1, -0.05) is 17.9 Å². The molecule has 0 atom stereocenters. The van der Waals surface area contributed by atoms with Crippen LogP contribution < -0.4 is 4.72 Å². The quantitative estimate of drug-likeness (QED) is 0.824. The Morgan fingerprint density at radius 1 is 1.38 bits per heavy atom. The zero-order chi connectivity index (χ0) is 15.3. The third kappa shape index (κ3) is 4.21. The Hall–Kier alpha value is -1.55. The SMILES string of the molecule is Cc1ccc(NS(=O)(=O)C2CCOCC2)c(C#CCO)c1. The van der Waals surface area contributed by atoms with Crippen LogP contribution in [0.5, 0.6) is 0 Å². The maximum Gasteiger partial charge on any atom is 0.235 e. The highest BCUT2D eigenvalue weighted by Crippen LogP contribution is 2.22. The molecular formula is C15H19NO4S. The number of hydrogen-bond donors (Lipinski definition) is 2. The molecule has 0 bridgehead atoms. The van der Waals surface area contributed by atoms with E-state index in [2.05, 4.69) is 16.6 Å². The number of nitrogens with one attached hydrogen (secondary N) is 1. The van der Waals surface area contributed by atoms with Crippen LogP contribution in [0.4, 0.5) is 5.69 Å². The molecule has 6 heteroatoms. The molecule has 0 spiro atoms. The third-order valence-corrected chi connectivity index (χ3v) is 5.19. The van der Waals surface area contributed by atoms with Gasteiger partial charge in [-0.05, 0) is 37.5 Å². The lowest BCUT2D eigenvalue weighted by molar-refractivity contribution is 0.0984. The van der Waals surface area contributed by atoms with Gasteiger partial charge in [0.25, 0.3) is 0 Å². The zero-order valence-corrected chi connectivity index (χ0v) is 12.7. The molecular weight excluding hydrogens is 290 g/mol. The Morgan fingerprint density at radius 2 is 2.10 bits per heavy atom. The summed E-state index contributed by atoms with van der Waals surface area (Å²) in [6.07, 6.45) is 0.998. The Labute approximate surface area is 125 Å². The molecule has 1 aliphatic heterocycles. The molecule has 1 aliphatic rings. The molecule has 2 N–H and O–H groups in total. The normalized spacial score (nSPS) is 16.1. The number of aliphatic hydroxyl groups is 1. The Kier molecular flexibility index (Phi) is 5.23. The lowest BCUT2D eigenvalue weighted by atomic mass is 10.1. The minimum Gasteiger partial charge on any atom is -0.384 e. The van der Waals surface area contributed by atoms with E-state index >= 15 is 0 Å². The van der Waals surface area contributed by atoms with Crippen molar-refractivity contribution < 1.29 is 18.3 Å². The predicted octanol–water partition coefficient (Wildman–Crippen LogP) is 1.26. The molecule has 0 saturated carbocycles. The summed E-state index contributed by atoms with van der Waals surface area (Å²) in [4.78, 5) is 0. The fourth-order valence-corrected chi connectivity index (χ4v) is 3.67. The molecule has 1 saturated heterocycles. The molecule has 2 rings (SSSR count). The highest BCUT2D eigenvalue weighted by atomic mass is 32.2. The standard InChI is InChI=1S/C15H19NO4S/c1-12-4-5-15(13(11-12)3-2-8-17)16-21(18,19)14-6-9-20-10-7-14/h4-5,11,14,16-17H,6-10H2,1H3. The maximum absolute atomic E-state index is 12.4. The average molecular weight is 309 g/mol. The Bertz CT molecular complexity index is 652. The highest BCUT2D eigenvalue weighted by molar-refractivity contribution is 7.93. The number of anilines is 1. The molecule has 0 aliphatic carbocycles. The number of ether oxygens (including phenoxy) is 1. The van der Waals surface area contributed by atoms with Gasteiger partial charge in [0.2, 0.25) is 10.0 Å². The van der Waals surface area contributed by atoms with E-state index in [0.29, 0.717) is 37.3 Å². The molecule has 0 amide bonds. The molecule has 1 fully saturated rings. The summed E-state index contributed by atoms with van der Waals surface area (Å²) in [6.45, 7) is 2.58. The largest absolute Gasteiger partial charge is 0.384 e. The first kappa shape index (κ1) is 15.8. The van der Waals surface area contributed by atoms with Crippen molar-refractivity contribution in [2.75, 3.05) is 24.5 Å². The van der Waals surface area contributed by atoms with E-state index in [4.69, 9.17) is 9.84 Å². The zero-order valence-electron chi connectivity index (χ0n) is 11.9. The maximum atomic E-state index is 12.4. The Morgan fingerprint density at radius 3 is 2.76 bits per heavy atom. The minimum atomic E-state index is -3.46. The lowest BCUT2D eigenvalue weighted by Gasteiger charge is -2.23. The topological polar surface area (TPSA) is 75.6 Å². The van der Waals surface area contributed by atoms with Gasteiger partial charge >= 0.3 is 0 Å². The molecule has 1 heterocycles. The van der Waals surface area contributed by atoms with E-state index in [1.165, 1.54) is 0 Å². The van der Waals surface area contributed by atoms with Crippen LogP contribution in [0, 0.1) is 18.8 Å². The second-order valence-corrected chi connectivity index (χ2v) is 6.93. The molecule has 5 nitrogen and oxygen atoms in total. The van der Waals surface area contributed by atoms with Crippen LogP contribution in [-0.4, -0.2) is 38.6 Å². The molecule has 0 unspecified atom stereocenters. The van der Waals surface area contributed by atoms with Crippen molar-refractivity contribution in [3.63, 3.8) is 0 Å². The van der Waals surface area contributed by atoms with Crippen molar-refractivity contribution in [1.29, 1.82) is 0 Å². The van der Waals surface area contributed by atoms with Gasteiger partial charge in [0.1, 0.15) is 6.61 Å². The van der Waals surface area contributed by atoms with Gasteiger partial charge in [-0.2, -0.15) is 0 Å². The van der Waals surface area contributed by atoms with Gasteiger partial charge in [0.05, 0.1) is 10.9 Å². The first-order valence-corrected chi connectivity index (χ1v) is 8.37. The summed E-state index contributed by atoms with van der Waals surface area (Å²) in [5.74, 6) is 5.33. The van der Waals surface area contributed by atoms with E-state index in [1.54, 1.807) is 12.1 Å². The molecule has 0 radical (unpaired) electrons. The average Bonchev–Trinajstić information content (AvgIpc) is 2.48. The van der Waals surface area contributed by atoms with Crippen molar-refractivity contribution in [2.24, 2.45) is 0 Å². The van der Waals surface area contributed by atoms with Crippen LogP contribution in [-0.2, 0) is 14.8 Å². The van der Waals surface area contributed by atoms with Crippen LogP contribution >= 0.6 is 0 Å². The van der Waals surface area contributed by atoms with E-state index in [9.17, 15) is 8.42 Å². The van der Waals surface area contributed by atoms with Crippen LogP contribution in [0.15, 0.2) is 18.2 Å². The van der Waals surface area contributed by atoms with E-state index < -0.39 is 15.3 Å². The van der Waals surface area contributed by atoms with Crippen molar-refractivity contribution >= 4 is 15.7 Å². The summed E-state index contributed by atoms with van der Waals surface area (Å²) in [5, 5.41) is 8.36. The van der Waals surface area contributed by atoms with Crippen molar-refractivity contribution in [3.8, 4) is 11.8 Å². The molecule has 114 valence electrons. The van der Waals surface area contributed by atoms with Crippen molar-refractivity contribution in [3.05, 3.63) is 29.3 Å². The summed E-state index contributed by atoms with van der Waals surface area (Å²) in [7, 11) is -3.46. The summed E-state index contributed by atoms with van der Waals surface area (Å²) >= 11 is 0. The molecule has 0 aromatic heterocycles. The smallest absolute Gasteiger partial charge is 0.235 e. The lowest BCUT2D eigenvalue weighted by Crippen LogP contribution is -2.33. The fraction of sp³-hybridized carbons (Fsp3) is 0.467. The van der Waals surface area contributed by atoms with Gasteiger partial charge in [-0.25, -0.2) is 8.42 Å². The number of aliphatic hydroxyl groups excluding tert-OH is 1. The van der Waals surface area contributed by atoms with E-state index in [-0.39, 0.29) is 6.61 Å².